The summed E-state index contributed by atoms with van der Waals surface area (Å²) in [5.41, 5.74) is 3.76. The maximum absolute atomic E-state index is 4.59. The van der Waals surface area contributed by atoms with Gasteiger partial charge in [-0.2, -0.15) is 0 Å². The highest BCUT2D eigenvalue weighted by Gasteiger charge is 2.12. The molecule has 1 aromatic heterocycles. The van der Waals surface area contributed by atoms with Gasteiger partial charge in [0.2, 0.25) is 0 Å². The lowest BCUT2D eigenvalue weighted by Crippen LogP contribution is -2.38. The number of piperidine rings is 1. The second kappa shape index (κ2) is 11.0. The lowest BCUT2D eigenvalue weighted by atomic mass is 10.1. The van der Waals surface area contributed by atoms with Crippen molar-refractivity contribution in [1.29, 1.82) is 0 Å². The Morgan fingerprint density at radius 1 is 1.18 bits per heavy atom. The minimum Gasteiger partial charge on any atom is -0.372 e. The summed E-state index contributed by atoms with van der Waals surface area (Å²) in [7, 11) is 3.91. The van der Waals surface area contributed by atoms with Crippen LogP contribution < -0.4 is 10.2 Å². The van der Waals surface area contributed by atoms with E-state index in [0.29, 0.717) is 6.54 Å². The Bertz CT molecular complexity index is 746. The molecule has 5 nitrogen and oxygen atoms in total. The number of thiazole rings is 1. The fourth-order valence-corrected chi connectivity index (χ4v) is 4.34. The molecular weight excluding hydrogens is 481 g/mol. The number of nitrogens with one attached hydrogen (secondary N) is 1. The highest BCUT2D eigenvalue weighted by molar-refractivity contribution is 14.0. The van der Waals surface area contributed by atoms with E-state index in [0.717, 1.165) is 23.2 Å². The number of halogens is 1. The Balaban J connectivity index is 0.00000280. The van der Waals surface area contributed by atoms with Crippen LogP contribution in [0.1, 0.15) is 40.4 Å². The summed E-state index contributed by atoms with van der Waals surface area (Å²) in [6.07, 6.45) is 3.99. The van der Waals surface area contributed by atoms with E-state index in [2.05, 4.69) is 70.3 Å². The lowest BCUT2D eigenvalue weighted by Gasteiger charge is -2.29. The van der Waals surface area contributed by atoms with Crippen molar-refractivity contribution >= 4 is 47.0 Å². The molecule has 3 rings (SSSR count). The number of aryl methyl sites for hydroxylation is 2. The Morgan fingerprint density at radius 2 is 1.86 bits per heavy atom. The summed E-state index contributed by atoms with van der Waals surface area (Å²) < 4.78 is 0. The van der Waals surface area contributed by atoms with Gasteiger partial charge >= 0.3 is 0 Å². The van der Waals surface area contributed by atoms with Crippen molar-refractivity contribution in [2.24, 2.45) is 4.99 Å². The van der Waals surface area contributed by atoms with E-state index in [4.69, 9.17) is 0 Å². The van der Waals surface area contributed by atoms with E-state index in [1.807, 2.05) is 7.05 Å². The van der Waals surface area contributed by atoms with Gasteiger partial charge in [0.05, 0.1) is 12.2 Å². The zero-order valence-corrected chi connectivity index (χ0v) is 20.5. The topological polar surface area (TPSA) is 43.8 Å². The molecule has 1 aliphatic rings. The van der Waals surface area contributed by atoms with Crippen LogP contribution in [-0.2, 0) is 13.1 Å². The molecule has 1 fully saturated rings. The van der Waals surface area contributed by atoms with Crippen molar-refractivity contribution in [3.05, 3.63) is 45.4 Å². The van der Waals surface area contributed by atoms with Crippen molar-refractivity contribution in [2.45, 2.75) is 46.2 Å². The van der Waals surface area contributed by atoms with Crippen LogP contribution in [0.15, 0.2) is 29.3 Å². The van der Waals surface area contributed by atoms with Crippen molar-refractivity contribution in [1.82, 2.24) is 15.2 Å². The second-order valence-corrected chi connectivity index (χ2v) is 8.51. The zero-order chi connectivity index (χ0) is 19.2. The highest BCUT2D eigenvalue weighted by atomic mass is 127. The number of guanidine groups is 1. The maximum atomic E-state index is 4.59. The fraction of sp³-hybridized carbons (Fsp3) is 0.524. The van der Waals surface area contributed by atoms with Crippen molar-refractivity contribution in [3.63, 3.8) is 0 Å². The van der Waals surface area contributed by atoms with Crippen LogP contribution in [0.5, 0.6) is 0 Å². The Labute approximate surface area is 190 Å². The van der Waals surface area contributed by atoms with E-state index in [1.54, 1.807) is 11.3 Å². The minimum atomic E-state index is 0. The first-order valence-corrected chi connectivity index (χ1v) is 10.6. The van der Waals surface area contributed by atoms with Crippen LogP contribution in [0.2, 0.25) is 0 Å². The molecule has 1 aromatic carbocycles. The van der Waals surface area contributed by atoms with Crippen LogP contribution in [-0.4, -0.2) is 43.0 Å². The molecule has 1 N–H and O–H groups in total. The normalized spacial score (nSPS) is 14.6. The van der Waals surface area contributed by atoms with E-state index in [-0.39, 0.29) is 24.0 Å². The summed E-state index contributed by atoms with van der Waals surface area (Å²) >= 11 is 1.75. The Morgan fingerprint density at radius 3 is 2.43 bits per heavy atom. The lowest BCUT2D eigenvalue weighted by molar-refractivity contribution is 0.476. The molecule has 28 heavy (non-hydrogen) atoms. The number of hydrogen-bond donors (Lipinski definition) is 1. The van der Waals surface area contributed by atoms with Gasteiger partial charge in [0.15, 0.2) is 5.96 Å². The quantitative estimate of drug-likeness (QED) is 0.361. The monoisotopic (exact) mass is 513 g/mol. The first-order valence-electron chi connectivity index (χ1n) is 9.75. The maximum Gasteiger partial charge on any atom is 0.194 e. The third-order valence-electron chi connectivity index (χ3n) is 5.12. The fourth-order valence-electron chi connectivity index (χ4n) is 3.47. The molecule has 154 valence electrons. The number of hydrogen-bond acceptors (Lipinski definition) is 4. The molecule has 0 amide bonds. The van der Waals surface area contributed by atoms with Crippen LogP contribution in [0.3, 0.4) is 0 Å². The Kier molecular flexibility index (Phi) is 9.01. The van der Waals surface area contributed by atoms with E-state index >= 15 is 0 Å². The average molecular weight is 513 g/mol. The molecule has 0 radical (unpaired) electrons. The van der Waals surface area contributed by atoms with Crippen LogP contribution in [0.25, 0.3) is 0 Å². The van der Waals surface area contributed by atoms with E-state index in [1.165, 1.54) is 48.5 Å². The van der Waals surface area contributed by atoms with Crippen molar-refractivity contribution < 1.29 is 0 Å². The SMILES string of the molecule is CN=C(NCc1nc(C)c(C)s1)N(C)Cc1ccc(N2CCCCC2)cc1.I. The molecular formula is C21H32IN5S. The molecule has 0 atom stereocenters. The molecule has 0 saturated carbocycles. The van der Waals surface area contributed by atoms with Gasteiger partial charge in [0.1, 0.15) is 5.01 Å². The van der Waals surface area contributed by atoms with E-state index in [9.17, 15) is 0 Å². The first kappa shape index (κ1) is 22.9. The largest absolute Gasteiger partial charge is 0.372 e. The van der Waals surface area contributed by atoms with Gasteiger partial charge < -0.3 is 15.1 Å². The van der Waals surface area contributed by atoms with Gasteiger partial charge in [0.25, 0.3) is 0 Å². The molecule has 1 saturated heterocycles. The molecule has 2 heterocycles. The molecule has 0 aliphatic carbocycles. The summed E-state index contributed by atoms with van der Waals surface area (Å²) in [5, 5.41) is 4.53. The summed E-state index contributed by atoms with van der Waals surface area (Å²) in [4.78, 5) is 14.9. The van der Waals surface area contributed by atoms with Crippen LogP contribution in [0.4, 0.5) is 5.69 Å². The van der Waals surface area contributed by atoms with Gasteiger partial charge in [-0.3, -0.25) is 4.99 Å². The van der Waals surface area contributed by atoms with Gasteiger partial charge in [-0.25, -0.2) is 4.98 Å². The van der Waals surface area contributed by atoms with Crippen molar-refractivity contribution in [2.75, 3.05) is 32.1 Å². The number of anilines is 1. The Hall–Kier alpha value is -1.35. The van der Waals surface area contributed by atoms with Crippen molar-refractivity contribution in [3.8, 4) is 0 Å². The zero-order valence-electron chi connectivity index (χ0n) is 17.4. The number of benzene rings is 1. The summed E-state index contributed by atoms with van der Waals surface area (Å²) in [6.45, 7) is 8.09. The number of nitrogens with zero attached hydrogens (tertiary/aromatic N) is 4. The second-order valence-electron chi connectivity index (χ2n) is 7.22. The van der Waals surface area contributed by atoms with Crippen LogP contribution in [0, 0.1) is 13.8 Å². The third-order valence-corrected chi connectivity index (χ3v) is 6.19. The van der Waals surface area contributed by atoms with Gasteiger partial charge in [-0.05, 0) is 50.8 Å². The molecule has 0 bridgehead atoms. The summed E-state index contributed by atoms with van der Waals surface area (Å²) in [5.74, 6) is 0.889. The summed E-state index contributed by atoms with van der Waals surface area (Å²) in [6, 6.07) is 8.99. The van der Waals surface area contributed by atoms with E-state index < -0.39 is 0 Å². The van der Waals surface area contributed by atoms with Gasteiger partial charge in [-0.15, -0.1) is 35.3 Å². The molecule has 0 unspecified atom stereocenters. The molecule has 0 spiro atoms. The first-order chi connectivity index (χ1) is 13.1. The smallest absolute Gasteiger partial charge is 0.194 e. The van der Waals surface area contributed by atoms with Crippen LogP contribution >= 0.6 is 35.3 Å². The number of aliphatic imine (C=N–C) groups is 1. The predicted molar refractivity (Wildman–Crippen MR) is 131 cm³/mol. The molecule has 2 aromatic rings. The highest BCUT2D eigenvalue weighted by Crippen LogP contribution is 2.21. The molecule has 1 aliphatic heterocycles. The third kappa shape index (κ3) is 6.07. The number of aromatic nitrogens is 1. The average Bonchev–Trinajstić information content (AvgIpc) is 3.01. The minimum absolute atomic E-state index is 0. The van der Waals surface area contributed by atoms with Gasteiger partial charge in [-0.1, -0.05) is 12.1 Å². The molecule has 7 heteroatoms. The van der Waals surface area contributed by atoms with Gasteiger partial charge in [0, 0.05) is 44.3 Å². The predicted octanol–water partition coefficient (Wildman–Crippen LogP) is 4.58. The number of rotatable bonds is 5. The standard InChI is InChI=1S/C21H31N5S.HI/c1-16-17(2)27-20(24-16)14-23-21(22-3)25(4)15-18-8-10-19(11-9-18)26-12-6-5-7-13-26;/h8-11H,5-7,12-15H2,1-4H3,(H,22,23);1H.